The summed E-state index contributed by atoms with van der Waals surface area (Å²) < 4.78 is 0. The molecule has 2 saturated carbocycles. The Hall–Kier alpha value is -1.62. The molecule has 2 aliphatic rings. The fraction of sp³-hybridized carbons (Fsp3) is 0.667. The Bertz CT molecular complexity index is 582. The molecule has 5 heteroatoms. The number of aromatic nitrogens is 3. The molecule has 126 valence electrons. The fourth-order valence-corrected chi connectivity index (χ4v) is 3.68. The first-order valence-electron chi connectivity index (χ1n) is 9.06. The summed E-state index contributed by atoms with van der Waals surface area (Å²) in [6, 6.07) is 2.87. The van der Waals surface area contributed by atoms with Gasteiger partial charge in [-0.05, 0) is 44.7 Å². The molecule has 23 heavy (non-hydrogen) atoms. The fourth-order valence-electron chi connectivity index (χ4n) is 3.68. The third-order valence-electron chi connectivity index (χ3n) is 5.15. The highest BCUT2D eigenvalue weighted by molar-refractivity contribution is 5.86. The zero-order valence-corrected chi connectivity index (χ0v) is 14.1. The van der Waals surface area contributed by atoms with Crippen LogP contribution in [0, 0.1) is 5.92 Å². The van der Waals surface area contributed by atoms with E-state index in [2.05, 4.69) is 32.6 Å². The van der Waals surface area contributed by atoms with Gasteiger partial charge >= 0.3 is 0 Å². The van der Waals surface area contributed by atoms with Crippen molar-refractivity contribution in [2.75, 3.05) is 18.9 Å². The maximum atomic E-state index is 4.30. The standard InChI is InChI=1S/C12H16N4.C6H13N/c1-2-4-9(3-1)7-14-12-10-5-6-13-11(10)15-8-16-12;1-7-6-4-2-3-5-6/h5-6,8-9H,1-4,7H2,(H2,13,14,15,16);6-7H,2-5H2,1H3. The zero-order valence-electron chi connectivity index (χ0n) is 14.1. The Kier molecular flexibility index (Phi) is 5.86. The van der Waals surface area contributed by atoms with E-state index in [0.717, 1.165) is 35.4 Å². The number of nitrogens with one attached hydrogen (secondary N) is 3. The van der Waals surface area contributed by atoms with Crippen molar-refractivity contribution < 1.29 is 0 Å². The van der Waals surface area contributed by atoms with Crippen molar-refractivity contribution in [3.05, 3.63) is 18.6 Å². The maximum Gasteiger partial charge on any atom is 0.142 e. The maximum absolute atomic E-state index is 4.30. The molecular formula is C18H29N5. The van der Waals surface area contributed by atoms with Crippen LogP contribution in [0.2, 0.25) is 0 Å². The van der Waals surface area contributed by atoms with Crippen molar-refractivity contribution in [1.29, 1.82) is 0 Å². The molecule has 0 radical (unpaired) electrons. The van der Waals surface area contributed by atoms with Crippen molar-refractivity contribution in [3.8, 4) is 0 Å². The van der Waals surface area contributed by atoms with Gasteiger partial charge in [-0.3, -0.25) is 0 Å². The van der Waals surface area contributed by atoms with Gasteiger partial charge < -0.3 is 15.6 Å². The number of nitrogens with zero attached hydrogens (tertiary/aromatic N) is 2. The molecule has 2 aliphatic carbocycles. The minimum atomic E-state index is 0.823. The number of hydrogen-bond donors (Lipinski definition) is 3. The number of hydrogen-bond acceptors (Lipinski definition) is 4. The summed E-state index contributed by atoms with van der Waals surface area (Å²) in [5.74, 6) is 1.78. The first-order valence-corrected chi connectivity index (χ1v) is 9.06. The summed E-state index contributed by atoms with van der Waals surface area (Å²) in [4.78, 5) is 11.6. The number of anilines is 1. The monoisotopic (exact) mass is 315 g/mol. The molecule has 0 saturated heterocycles. The highest BCUT2D eigenvalue weighted by Crippen LogP contribution is 2.25. The summed E-state index contributed by atoms with van der Waals surface area (Å²) in [6.45, 7) is 1.04. The summed E-state index contributed by atoms with van der Waals surface area (Å²) in [7, 11) is 2.05. The van der Waals surface area contributed by atoms with E-state index < -0.39 is 0 Å². The van der Waals surface area contributed by atoms with E-state index in [1.54, 1.807) is 6.33 Å². The molecule has 0 spiro atoms. The highest BCUT2D eigenvalue weighted by Gasteiger charge is 2.15. The average Bonchev–Trinajstić information content (AvgIpc) is 3.35. The first-order chi connectivity index (χ1) is 11.4. The summed E-state index contributed by atoms with van der Waals surface area (Å²) in [5.41, 5.74) is 0.906. The van der Waals surface area contributed by atoms with Gasteiger partial charge in [-0.1, -0.05) is 25.7 Å². The van der Waals surface area contributed by atoms with Gasteiger partial charge in [0.05, 0.1) is 5.39 Å². The van der Waals surface area contributed by atoms with Crippen LogP contribution in [-0.2, 0) is 0 Å². The topological polar surface area (TPSA) is 65.6 Å². The van der Waals surface area contributed by atoms with E-state index >= 15 is 0 Å². The van der Waals surface area contributed by atoms with Crippen LogP contribution in [0.5, 0.6) is 0 Å². The van der Waals surface area contributed by atoms with Gasteiger partial charge in [0, 0.05) is 18.8 Å². The van der Waals surface area contributed by atoms with E-state index in [1.807, 2.05) is 12.3 Å². The number of H-pyrrole nitrogens is 1. The molecule has 4 rings (SSSR count). The Labute approximate surface area is 138 Å². The normalized spacial score (nSPS) is 19.0. The van der Waals surface area contributed by atoms with Gasteiger partial charge in [-0.15, -0.1) is 0 Å². The molecule has 0 aliphatic heterocycles. The highest BCUT2D eigenvalue weighted by atomic mass is 15.0. The number of aromatic amines is 1. The SMILES string of the molecule is CNC1CCCC1.c1nc(NCC2CCCC2)c2cc[nH]c2n1. The van der Waals surface area contributed by atoms with Crippen LogP contribution in [0.3, 0.4) is 0 Å². The van der Waals surface area contributed by atoms with Crippen LogP contribution in [0.15, 0.2) is 18.6 Å². The lowest BCUT2D eigenvalue weighted by atomic mass is 10.1. The second-order valence-corrected chi connectivity index (χ2v) is 6.76. The third kappa shape index (κ3) is 4.44. The van der Waals surface area contributed by atoms with Crippen LogP contribution < -0.4 is 10.6 Å². The summed E-state index contributed by atoms with van der Waals surface area (Å²) in [6.07, 6.45) is 14.7. The molecule has 5 nitrogen and oxygen atoms in total. The quantitative estimate of drug-likeness (QED) is 0.805. The third-order valence-corrected chi connectivity index (χ3v) is 5.15. The Morgan fingerprint density at radius 2 is 1.83 bits per heavy atom. The molecule has 2 heterocycles. The van der Waals surface area contributed by atoms with Crippen molar-refractivity contribution in [2.45, 2.75) is 57.4 Å². The predicted octanol–water partition coefficient (Wildman–Crippen LogP) is 3.71. The van der Waals surface area contributed by atoms with Crippen LogP contribution >= 0.6 is 0 Å². The van der Waals surface area contributed by atoms with Gasteiger partial charge in [-0.25, -0.2) is 9.97 Å². The lowest BCUT2D eigenvalue weighted by Gasteiger charge is -2.11. The van der Waals surface area contributed by atoms with Crippen molar-refractivity contribution in [1.82, 2.24) is 20.3 Å². The molecular weight excluding hydrogens is 286 g/mol. The summed E-state index contributed by atoms with van der Waals surface area (Å²) in [5, 5.41) is 7.79. The van der Waals surface area contributed by atoms with Crippen molar-refractivity contribution in [3.63, 3.8) is 0 Å². The molecule has 2 aromatic heterocycles. The second-order valence-electron chi connectivity index (χ2n) is 6.76. The predicted molar refractivity (Wildman–Crippen MR) is 95.7 cm³/mol. The molecule has 0 unspecified atom stereocenters. The average molecular weight is 315 g/mol. The van der Waals surface area contributed by atoms with E-state index in [1.165, 1.54) is 51.4 Å². The van der Waals surface area contributed by atoms with Crippen LogP contribution in [0.25, 0.3) is 11.0 Å². The minimum Gasteiger partial charge on any atom is -0.369 e. The van der Waals surface area contributed by atoms with Gasteiger partial charge in [0.1, 0.15) is 17.8 Å². The van der Waals surface area contributed by atoms with E-state index in [9.17, 15) is 0 Å². The summed E-state index contributed by atoms with van der Waals surface area (Å²) >= 11 is 0. The molecule has 0 atom stereocenters. The van der Waals surface area contributed by atoms with Crippen molar-refractivity contribution in [2.24, 2.45) is 5.92 Å². The van der Waals surface area contributed by atoms with E-state index in [4.69, 9.17) is 0 Å². The molecule has 0 bridgehead atoms. The molecule has 2 fully saturated rings. The second kappa shape index (κ2) is 8.29. The lowest BCUT2D eigenvalue weighted by Crippen LogP contribution is -2.20. The largest absolute Gasteiger partial charge is 0.369 e. The number of rotatable bonds is 4. The Morgan fingerprint density at radius 1 is 1.09 bits per heavy atom. The number of fused-ring (bicyclic) bond motifs is 1. The minimum absolute atomic E-state index is 0.823. The lowest BCUT2D eigenvalue weighted by molar-refractivity contribution is 0.579. The van der Waals surface area contributed by atoms with Gasteiger partial charge in [-0.2, -0.15) is 0 Å². The molecule has 0 aromatic carbocycles. The van der Waals surface area contributed by atoms with Crippen LogP contribution in [-0.4, -0.2) is 34.6 Å². The van der Waals surface area contributed by atoms with Gasteiger partial charge in [0.25, 0.3) is 0 Å². The smallest absolute Gasteiger partial charge is 0.142 e. The zero-order chi connectivity index (χ0) is 15.9. The Balaban J connectivity index is 0.000000188. The Morgan fingerprint density at radius 3 is 2.52 bits per heavy atom. The first kappa shape index (κ1) is 16.2. The molecule has 3 N–H and O–H groups in total. The van der Waals surface area contributed by atoms with E-state index in [-0.39, 0.29) is 0 Å². The van der Waals surface area contributed by atoms with Crippen LogP contribution in [0.1, 0.15) is 51.4 Å². The molecule has 0 amide bonds. The van der Waals surface area contributed by atoms with Crippen LogP contribution in [0.4, 0.5) is 5.82 Å². The molecule has 2 aromatic rings. The van der Waals surface area contributed by atoms with Gasteiger partial charge in [0.2, 0.25) is 0 Å². The van der Waals surface area contributed by atoms with Crippen molar-refractivity contribution >= 4 is 16.9 Å². The van der Waals surface area contributed by atoms with E-state index in [0.29, 0.717) is 0 Å². The van der Waals surface area contributed by atoms with Gasteiger partial charge in [0.15, 0.2) is 0 Å².